The fraction of sp³-hybridized carbons (Fsp3) is 0.318. The summed E-state index contributed by atoms with van der Waals surface area (Å²) in [6.45, 7) is 7.02. The molecule has 2 amide bonds. The molecule has 1 unspecified atom stereocenters. The third-order valence-electron chi connectivity index (χ3n) is 4.68. The van der Waals surface area contributed by atoms with Gasteiger partial charge in [0.15, 0.2) is 11.9 Å². The molecular weight excluding hydrogens is 434 g/mol. The molecule has 0 fully saturated rings. The topological polar surface area (TPSA) is 122 Å². The van der Waals surface area contributed by atoms with E-state index in [9.17, 15) is 22.8 Å². The molecule has 2 rings (SSSR count). The van der Waals surface area contributed by atoms with Gasteiger partial charge in [-0.15, -0.1) is 0 Å². The van der Waals surface area contributed by atoms with E-state index < -0.39 is 27.9 Å². The van der Waals surface area contributed by atoms with Crippen molar-refractivity contribution in [2.45, 2.75) is 38.7 Å². The van der Waals surface area contributed by atoms with Gasteiger partial charge >= 0.3 is 0 Å². The van der Waals surface area contributed by atoms with Gasteiger partial charge < -0.3 is 4.74 Å². The summed E-state index contributed by atoms with van der Waals surface area (Å²) < 4.78 is 32.1. The molecule has 0 spiro atoms. The third kappa shape index (κ3) is 6.14. The van der Waals surface area contributed by atoms with Crippen LogP contribution in [0.15, 0.2) is 53.4 Å². The molecule has 10 heteroatoms. The molecule has 0 saturated carbocycles. The number of hydrogen-bond acceptors (Lipinski definition) is 6. The highest BCUT2D eigenvalue weighted by atomic mass is 32.2. The van der Waals surface area contributed by atoms with Crippen molar-refractivity contribution in [3.05, 3.63) is 59.7 Å². The average Bonchev–Trinajstić information content (AvgIpc) is 2.78. The molecule has 0 aliphatic heterocycles. The average molecular weight is 462 g/mol. The number of benzene rings is 2. The number of amides is 2. The summed E-state index contributed by atoms with van der Waals surface area (Å²) in [5.74, 6) is -0.980. The SMILES string of the molecule is CCN(CC)S(=O)(=O)c1cccc(C(=O)NNC(=O)C(C)Oc2ccc(C(C)=O)cc2)c1. The predicted molar refractivity (Wildman–Crippen MR) is 119 cm³/mol. The van der Waals surface area contributed by atoms with Gasteiger partial charge in [0.1, 0.15) is 5.75 Å². The first-order valence-corrected chi connectivity index (χ1v) is 11.5. The first-order valence-electron chi connectivity index (χ1n) is 10.1. The van der Waals surface area contributed by atoms with Crippen LogP contribution in [0.5, 0.6) is 5.75 Å². The summed E-state index contributed by atoms with van der Waals surface area (Å²) in [5.41, 5.74) is 5.11. The molecule has 2 N–H and O–H groups in total. The van der Waals surface area contributed by atoms with Gasteiger partial charge in [0.25, 0.3) is 11.8 Å². The maximum atomic E-state index is 12.6. The van der Waals surface area contributed by atoms with Gasteiger partial charge in [-0.05, 0) is 56.3 Å². The number of Topliss-reactive ketones (excluding diaryl/α,β-unsaturated/α-hetero) is 1. The van der Waals surface area contributed by atoms with Gasteiger partial charge in [0, 0.05) is 24.2 Å². The lowest BCUT2D eigenvalue weighted by atomic mass is 10.1. The second-order valence-electron chi connectivity index (χ2n) is 6.90. The summed E-state index contributed by atoms with van der Waals surface area (Å²) >= 11 is 0. The number of ketones is 1. The lowest BCUT2D eigenvalue weighted by molar-refractivity contribution is -0.128. The summed E-state index contributed by atoms with van der Waals surface area (Å²) in [4.78, 5) is 36.0. The normalized spacial score (nSPS) is 12.2. The van der Waals surface area contributed by atoms with Gasteiger partial charge in [-0.2, -0.15) is 4.31 Å². The molecule has 0 aliphatic carbocycles. The van der Waals surface area contributed by atoms with E-state index in [0.29, 0.717) is 24.4 Å². The largest absolute Gasteiger partial charge is 0.481 e. The van der Waals surface area contributed by atoms with E-state index in [2.05, 4.69) is 10.9 Å². The number of nitrogens with zero attached hydrogens (tertiary/aromatic N) is 1. The van der Waals surface area contributed by atoms with Gasteiger partial charge in [-0.25, -0.2) is 8.42 Å². The second kappa shape index (κ2) is 10.9. The Balaban J connectivity index is 1.99. The number of hydrogen-bond donors (Lipinski definition) is 2. The number of rotatable bonds is 9. The molecule has 0 aliphatic rings. The minimum Gasteiger partial charge on any atom is -0.481 e. The Morgan fingerprint density at radius 2 is 1.59 bits per heavy atom. The number of ether oxygens (including phenoxy) is 1. The zero-order valence-electron chi connectivity index (χ0n) is 18.4. The van der Waals surface area contributed by atoms with E-state index in [-0.39, 0.29) is 16.2 Å². The summed E-state index contributed by atoms with van der Waals surface area (Å²) in [6, 6.07) is 11.9. The van der Waals surface area contributed by atoms with Crippen molar-refractivity contribution in [1.82, 2.24) is 15.2 Å². The molecule has 0 radical (unpaired) electrons. The Morgan fingerprint density at radius 3 is 2.16 bits per heavy atom. The third-order valence-corrected chi connectivity index (χ3v) is 6.73. The fourth-order valence-corrected chi connectivity index (χ4v) is 4.33. The highest BCUT2D eigenvalue weighted by Gasteiger charge is 2.23. The van der Waals surface area contributed by atoms with E-state index >= 15 is 0 Å². The van der Waals surface area contributed by atoms with Crippen LogP contribution in [-0.4, -0.2) is 49.5 Å². The van der Waals surface area contributed by atoms with Crippen LogP contribution in [0, 0.1) is 0 Å². The zero-order chi connectivity index (χ0) is 23.9. The summed E-state index contributed by atoms with van der Waals surface area (Å²) in [6.07, 6.45) is -0.937. The van der Waals surface area contributed by atoms with E-state index in [0.717, 1.165) is 0 Å². The monoisotopic (exact) mass is 461 g/mol. The predicted octanol–water partition coefficient (Wildman–Crippen LogP) is 2.15. The number of hydrazine groups is 1. The van der Waals surface area contributed by atoms with Crippen molar-refractivity contribution in [2.24, 2.45) is 0 Å². The Labute approximate surface area is 187 Å². The van der Waals surface area contributed by atoms with Gasteiger partial charge in [0.2, 0.25) is 10.0 Å². The fourth-order valence-electron chi connectivity index (χ4n) is 2.83. The van der Waals surface area contributed by atoms with Crippen molar-refractivity contribution in [3.8, 4) is 5.75 Å². The van der Waals surface area contributed by atoms with Crippen LogP contribution < -0.4 is 15.6 Å². The maximum absolute atomic E-state index is 12.6. The molecule has 32 heavy (non-hydrogen) atoms. The molecule has 172 valence electrons. The Kier molecular flexibility index (Phi) is 8.50. The summed E-state index contributed by atoms with van der Waals surface area (Å²) in [7, 11) is -3.72. The molecule has 2 aromatic rings. The molecule has 0 heterocycles. The number of carbonyl (C=O) groups is 3. The van der Waals surface area contributed by atoms with Gasteiger partial charge in [-0.1, -0.05) is 19.9 Å². The minimum absolute atomic E-state index is 0.00844. The van der Waals surface area contributed by atoms with Crippen LogP contribution in [0.2, 0.25) is 0 Å². The van der Waals surface area contributed by atoms with Crippen LogP contribution in [0.1, 0.15) is 48.4 Å². The Hall–Kier alpha value is -3.24. The van der Waals surface area contributed by atoms with Crippen LogP contribution in [-0.2, 0) is 14.8 Å². The lowest BCUT2D eigenvalue weighted by Crippen LogP contribution is -2.47. The van der Waals surface area contributed by atoms with E-state index in [4.69, 9.17) is 4.74 Å². The lowest BCUT2D eigenvalue weighted by Gasteiger charge is -2.19. The molecule has 0 bridgehead atoms. The molecular formula is C22H27N3O6S. The smallest absolute Gasteiger partial charge is 0.279 e. The van der Waals surface area contributed by atoms with Gasteiger partial charge in [-0.3, -0.25) is 25.2 Å². The first kappa shape index (κ1) is 25.0. The molecule has 9 nitrogen and oxygen atoms in total. The zero-order valence-corrected chi connectivity index (χ0v) is 19.2. The minimum atomic E-state index is -3.72. The van der Waals surface area contributed by atoms with Gasteiger partial charge in [0.05, 0.1) is 4.90 Å². The Morgan fingerprint density at radius 1 is 0.969 bits per heavy atom. The quantitative estimate of drug-likeness (QED) is 0.436. The second-order valence-corrected chi connectivity index (χ2v) is 8.84. The maximum Gasteiger partial charge on any atom is 0.279 e. The highest BCUT2D eigenvalue weighted by molar-refractivity contribution is 7.89. The van der Waals surface area contributed by atoms with E-state index in [1.807, 2.05) is 0 Å². The van der Waals surface area contributed by atoms with Crippen LogP contribution in [0.25, 0.3) is 0 Å². The van der Waals surface area contributed by atoms with Crippen LogP contribution >= 0.6 is 0 Å². The molecule has 2 aromatic carbocycles. The van der Waals surface area contributed by atoms with Crippen molar-refractivity contribution >= 4 is 27.6 Å². The number of carbonyl (C=O) groups excluding carboxylic acids is 3. The van der Waals surface area contributed by atoms with Crippen LogP contribution in [0.4, 0.5) is 0 Å². The molecule has 0 aromatic heterocycles. The Bertz CT molecular complexity index is 1080. The highest BCUT2D eigenvalue weighted by Crippen LogP contribution is 2.17. The number of nitrogens with one attached hydrogen (secondary N) is 2. The first-order chi connectivity index (χ1) is 15.1. The van der Waals surface area contributed by atoms with Crippen molar-refractivity contribution in [3.63, 3.8) is 0 Å². The standard InChI is InChI=1S/C22H27N3O6S/c1-5-25(6-2)32(29,30)20-9-7-8-18(14-20)22(28)24-23-21(27)16(4)31-19-12-10-17(11-13-19)15(3)26/h7-14,16H,5-6H2,1-4H3,(H,23,27)(H,24,28). The van der Waals surface area contributed by atoms with Crippen molar-refractivity contribution in [1.29, 1.82) is 0 Å². The van der Waals surface area contributed by atoms with Crippen molar-refractivity contribution < 1.29 is 27.5 Å². The van der Waals surface area contributed by atoms with Crippen molar-refractivity contribution in [2.75, 3.05) is 13.1 Å². The van der Waals surface area contributed by atoms with E-state index in [1.165, 1.54) is 42.4 Å². The summed E-state index contributed by atoms with van der Waals surface area (Å²) in [5, 5.41) is 0. The number of sulfonamides is 1. The molecule has 0 saturated heterocycles. The van der Waals surface area contributed by atoms with Crippen LogP contribution in [0.3, 0.4) is 0 Å². The molecule has 1 atom stereocenters. The van der Waals surface area contributed by atoms with E-state index in [1.54, 1.807) is 38.1 Å².